The van der Waals surface area contributed by atoms with Gasteiger partial charge in [0.1, 0.15) is 5.82 Å². The number of halogens is 1. The van der Waals surface area contributed by atoms with Gasteiger partial charge in [-0.2, -0.15) is 0 Å². The molecule has 0 spiro atoms. The second-order valence-corrected chi connectivity index (χ2v) is 6.04. The second-order valence-electron chi connectivity index (χ2n) is 3.95. The van der Waals surface area contributed by atoms with Crippen LogP contribution in [0.4, 0.5) is 11.5 Å². The molecule has 100 valence electrons. The molecular weight excluding hydrogens is 286 g/mol. The lowest BCUT2D eigenvalue weighted by Gasteiger charge is -2.08. The molecule has 3 N–H and O–H groups in total. The normalized spacial score (nSPS) is 11.3. The lowest BCUT2D eigenvalue weighted by Crippen LogP contribution is -2.14. The fourth-order valence-electron chi connectivity index (χ4n) is 1.47. The molecule has 0 aliphatic carbocycles. The Morgan fingerprint density at radius 1 is 1.26 bits per heavy atom. The van der Waals surface area contributed by atoms with Crippen LogP contribution >= 0.6 is 11.6 Å². The van der Waals surface area contributed by atoms with Crippen molar-refractivity contribution in [2.75, 3.05) is 10.5 Å². The first-order valence-corrected chi connectivity index (χ1v) is 7.26. The van der Waals surface area contributed by atoms with E-state index >= 15 is 0 Å². The summed E-state index contributed by atoms with van der Waals surface area (Å²) in [5.41, 5.74) is 6.59. The van der Waals surface area contributed by atoms with Gasteiger partial charge in [0, 0.05) is 5.69 Å². The topological polar surface area (TPSA) is 85.1 Å². The van der Waals surface area contributed by atoms with Crippen molar-refractivity contribution < 1.29 is 8.42 Å². The standard InChI is InChI=1S/C12H12ClN3O2S/c1-8-3-2-4-12(15-8)16-19(17,18)9-5-6-11(14)10(13)7-9/h2-7H,14H2,1H3,(H,15,16). The van der Waals surface area contributed by atoms with Crippen molar-refractivity contribution in [1.82, 2.24) is 4.98 Å². The Morgan fingerprint density at radius 2 is 2.00 bits per heavy atom. The highest BCUT2D eigenvalue weighted by Gasteiger charge is 2.16. The van der Waals surface area contributed by atoms with Crippen LogP contribution in [0.2, 0.25) is 5.02 Å². The minimum absolute atomic E-state index is 0.0370. The Kier molecular flexibility index (Phi) is 3.64. The third-order valence-corrected chi connectivity index (χ3v) is 4.09. The van der Waals surface area contributed by atoms with Crippen LogP contribution in [0.15, 0.2) is 41.3 Å². The van der Waals surface area contributed by atoms with Crippen LogP contribution in [-0.2, 0) is 10.0 Å². The number of aromatic nitrogens is 1. The highest BCUT2D eigenvalue weighted by Crippen LogP contribution is 2.23. The van der Waals surface area contributed by atoms with Crippen LogP contribution in [0.1, 0.15) is 5.69 Å². The molecule has 0 saturated carbocycles. The molecular formula is C12H12ClN3O2S. The Balaban J connectivity index is 2.35. The smallest absolute Gasteiger partial charge is 0.263 e. The number of nitrogens with two attached hydrogens (primary N) is 1. The zero-order valence-electron chi connectivity index (χ0n) is 10.1. The molecule has 2 rings (SSSR count). The van der Waals surface area contributed by atoms with E-state index in [4.69, 9.17) is 17.3 Å². The van der Waals surface area contributed by atoms with Crippen molar-refractivity contribution in [2.24, 2.45) is 0 Å². The molecule has 7 heteroatoms. The Labute approximate surface area is 116 Å². The number of nitrogens with one attached hydrogen (secondary N) is 1. The predicted molar refractivity (Wildman–Crippen MR) is 75.6 cm³/mol. The van der Waals surface area contributed by atoms with Gasteiger partial charge in [-0.1, -0.05) is 17.7 Å². The molecule has 2 aromatic rings. The van der Waals surface area contributed by atoms with Gasteiger partial charge in [0.25, 0.3) is 10.0 Å². The van der Waals surface area contributed by atoms with E-state index in [1.54, 1.807) is 25.1 Å². The molecule has 0 aliphatic heterocycles. The quantitative estimate of drug-likeness (QED) is 0.852. The summed E-state index contributed by atoms with van der Waals surface area (Å²) < 4.78 is 26.6. The van der Waals surface area contributed by atoms with Crippen LogP contribution in [0.25, 0.3) is 0 Å². The van der Waals surface area contributed by atoms with Crippen molar-refractivity contribution in [2.45, 2.75) is 11.8 Å². The van der Waals surface area contributed by atoms with Gasteiger partial charge >= 0.3 is 0 Å². The lowest BCUT2D eigenvalue weighted by atomic mass is 10.3. The van der Waals surface area contributed by atoms with E-state index in [-0.39, 0.29) is 15.7 Å². The minimum atomic E-state index is -3.72. The van der Waals surface area contributed by atoms with Crippen LogP contribution in [0, 0.1) is 6.92 Å². The second kappa shape index (κ2) is 5.07. The maximum Gasteiger partial charge on any atom is 0.263 e. The Hall–Kier alpha value is -1.79. The molecule has 1 heterocycles. The van der Waals surface area contributed by atoms with Gasteiger partial charge in [-0.3, -0.25) is 4.72 Å². The van der Waals surface area contributed by atoms with E-state index in [0.29, 0.717) is 5.69 Å². The Bertz CT molecular complexity index is 717. The van der Waals surface area contributed by atoms with E-state index in [1.165, 1.54) is 18.2 Å². The van der Waals surface area contributed by atoms with Crippen LogP contribution in [0.5, 0.6) is 0 Å². The SMILES string of the molecule is Cc1cccc(NS(=O)(=O)c2ccc(N)c(Cl)c2)n1. The van der Waals surface area contributed by atoms with Gasteiger partial charge in [-0.25, -0.2) is 13.4 Å². The van der Waals surface area contributed by atoms with Crippen molar-refractivity contribution in [1.29, 1.82) is 0 Å². The summed E-state index contributed by atoms with van der Waals surface area (Å²) in [6.45, 7) is 1.78. The third kappa shape index (κ3) is 3.15. The Morgan fingerprint density at radius 3 is 2.63 bits per heavy atom. The number of sulfonamides is 1. The van der Waals surface area contributed by atoms with E-state index in [1.807, 2.05) is 0 Å². The number of anilines is 2. The molecule has 5 nitrogen and oxygen atoms in total. The molecule has 0 atom stereocenters. The van der Waals surface area contributed by atoms with E-state index in [0.717, 1.165) is 5.69 Å². The number of nitrogens with zero attached hydrogens (tertiary/aromatic N) is 1. The summed E-state index contributed by atoms with van der Waals surface area (Å²) in [6.07, 6.45) is 0. The molecule has 0 amide bonds. The summed E-state index contributed by atoms with van der Waals surface area (Å²) in [7, 11) is -3.72. The lowest BCUT2D eigenvalue weighted by molar-refractivity contribution is 0.601. The average molecular weight is 298 g/mol. The van der Waals surface area contributed by atoms with Gasteiger partial charge < -0.3 is 5.73 Å². The number of rotatable bonds is 3. The van der Waals surface area contributed by atoms with Crippen LogP contribution in [0.3, 0.4) is 0 Å². The maximum absolute atomic E-state index is 12.1. The van der Waals surface area contributed by atoms with Gasteiger partial charge in [0.15, 0.2) is 0 Å². The number of nitrogen functional groups attached to an aromatic ring is 1. The molecule has 0 fully saturated rings. The fraction of sp³-hybridized carbons (Fsp3) is 0.0833. The van der Waals surface area contributed by atoms with Gasteiger partial charge in [0.05, 0.1) is 15.6 Å². The average Bonchev–Trinajstić information content (AvgIpc) is 2.32. The molecule has 0 bridgehead atoms. The predicted octanol–water partition coefficient (Wildman–Crippen LogP) is 2.43. The van der Waals surface area contributed by atoms with E-state index < -0.39 is 10.0 Å². The zero-order valence-corrected chi connectivity index (χ0v) is 11.7. The fourth-order valence-corrected chi connectivity index (χ4v) is 2.74. The van der Waals surface area contributed by atoms with Crippen molar-refractivity contribution in [3.63, 3.8) is 0 Å². The molecule has 19 heavy (non-hydrogen) atoms. The molecule has 0 aliphatic rings. The summed E-state index contributed by atoms with van der Waals surface area (Å²) in [5.74, 6) is 0.257. The minimum Gasteiger partial charge on any atom is -0.398 e. The number of aryl methyl sites for hydroxylation is 1. The van der Waals surface area contributed by atoms with Gasteiger partial charge in [-0.05, 0) is 37.3 Å². The van der Waals surface area contributed by atoms with E-state index in [9.17, 15) is 8.42 Å². The number of benzene rings is 1. The largest absolute Gasteiger partial charge is 0.398 e. The molecule has 1 aromatic heterocycles. The van der Waals surface area contributed by atoms with Crippen molar-refractivity contribution in [3.05, 3.63) is 47.1 Å². The van der Waals surface area contributed by atoms with Gasteiger partial charge in [-0.15, -0.1) is 0 Å². The summed E-state index contributed by atoms with van der Waals surface area (Å²) in [6, 6.07) is 9.20. The first kappa shape index (κ1) is 13.6. The summed E-state index contributed by atoms with van der Waals surface area (Å²) in [4.78, 5) is 4.11. The maximum atomic E-state index is 12.1. The highest BCUT2D eigenvalue weighted by molar-refractivity contribution is 7.92. The third-order valence-electron chi connectivity index (χ3n) is 2.41. The monoisotopic (exact) mass is 297 g/mol. The van der Waals surface area contributed by atoms with Crippen LogP contribution in [-0.4, -0.2) is 13.4 Å². The number of hydrogen-bond acceptors (Lipinski definition) is 4. The van der Waals surface area contributed by atoms with E-state index in [2.05, 4.69) is 9.71 Å². The summed E-state index contributed by atoms with van der Waals surface area (Å²) in [5, 5.41) is 0.195. The van der Waals surface area contributed by atoms with Crippen LogP contribution < -0.4 is 10.5 Å². The first-order chi connectivity index (χ1) is 8.88. The number of hydrogen-bond donors (Lipinski definition) is 2. The highest BCUT2D eigenvalue weighted by atomic mass is 35.5. The zero-order chi connectivity index (χ0) is 14.0. The molecule has 0 saturated heterocycles. The molecule has 1 aromatic carbocycles. The molecule has 0 radical (unpaired) electrons. The van der Waals surface area contributed by atoms with Crippen molar-refractivity contribution in [3.8, 4) is 0 Å². The summed E-state index contributed by atoms with van der Waals surface area (Å²) >= 11 is 5.82. The van der Waals surface area contributed by atoms with Gasteiger partial charge in [0.2, 0.25) is 0 Å². The molecule has 0 unspecified atom stereocenters. The van der Waals surface area contributed by atoms with Crippen molar-refractivity contribution >= 4 is 33.1 Å². The first-order valence-electron chi connectivity index (χ1n) is 5.40. The number of pyridine rings is 1.